The monoisotopic (exact) mass is 366 g/mol. The molecule has 6 nitrogen and oxygen atoms in total. The summed E-state index contributed by atoms with van der Waals surface area (Å²) in [5.74, 6) is 0.491. The molecule has 0 radical (unpaired) electrons. The third kappa shape index (κ3) is 5.06. The number of aromatic nitrogens is 1. The standard InChI is InChI=1S/C21H26N4O2/c1-16(2)12-20(26)24-14-19(15-24)25(13-18-10-6-7-11-22-18)21(27)23-17-8-4-3-5-9-17/h3-11,16,19H,12-15H2,1-2H3,(H,23,27). The van der Waals surface area contributed by atoms with Crippen molar-refractivity contribution in [1.82, 2.24) is 14.8 Å². The predicted octanol–water partition coefficient (Wildman–Crippen LogP) is 3.37. The zero-order valence-corrected chi connectivity index (χ0v) is 15.8. The van der Waals surface area contributed by atoms with E-state index in [1.165, 1.54) is 0 Å². The Bertz CT molecular complexity index is 758. The van der Waals surface area contributed by atoms with Crippen LogP contribution in [0, 0.1) is 5.92 Å². The van der Waals surface area contributed by atoms with Crippen molar-refractivity contribution in [1.29, 1.82) is 0 Å². The second-order valence-electron chi connectivity index (χ2n) is 7.30. The van der Waals surface area contributed by atoms with Gasteiger partial charge in [0.05, 0.1) is 18.3 Å². The maximum absolute atomic E-state index is 12.9. The number of benzene rings is 1. The fraction of sp³-hybridized carbons (Fsp3) is 0.381. The van der Waals surface area contributed by atoms with Crippen molar-refractivity contribution >= 4 is 17.6 Å². The van der Waals surface area contributed by atoms with Gasteiger partial charge in [0.25, 0.3) is 0 Å². The lowest BCUT2D eigenvalue weighted by molar-refractivity contribution is -0.138. The molecular weight excluding hydrogens is 340 g/mol. The van der Waals surface area contributed by atoms with Gasteiger partial charge in [0.15, 0.2) is 0 Å². The third-order valence-corrected chi connectivity index (χ3v) is 4.58. The predicted molar refractivity (Wildman–Crippen MR) is 105 cm³/mol. The normalized spacial score (nSPS) is 14.0. The van der Waals surface area contributed by atoms with E-state index in [1.807, 2.05) is 67.3 Å². The molecule has 0 aliphatic carbocycles. The molecule has 0 unspecified atom stereocenters. The summed E-state index contributed by atoms with van der Waals surface area (Å²) in [4.78, 5) is 33.0. The van der Waals surface area contributed by atoms with Crippen LogP contribution in [0.25, 0.3) is 0 Å². The summed E-state index contributed by atoms with van der Waals surface area (Å²) in [5.41, 5.74) is 1.58. The van der Waals surface area contributed by atoms with E-state index in [0.29, 0.717) is 32.0 Å². The van der Waals surface area contributed by atoms with E-state index in [1.54, 1.807) is 11.1 Å². The first-order valence-electron chi connectivity index (χ1n) is 9.33. The highest BCUT2D eigenvalue weighted by Crippen LogP contribution is 2.21. The number of rotatable bonds is 6. The van der Waals surface area contributed by atoms with Crippen molar-refractivity contribution in [2.75, 3.05) is 18.4 Å². The number of urea groups is 1. The molecule has 1 aliphatic rings. The minimum absolute atomic E-state index is 0.00756. The van der Waals surface area contributed by atoms with Gasteiger partial charge in [-0.25, -0.2) is 4.79 Å². The van der Waals surface area contributed by atoms with Crippen LogP contribution >= 0.6 is 0 Å². The molecule has 0 spiro atoms. The quantitative estimate of drug-likeness (QED) is 0.852. The molecule has 2 heterocycles. The Morgan fingerprint density at radius 2 is 1.85 bits per heavy atom. The van der Waals surface area contributed by atoms with Crippen molar-refractivity contribution < 1.29 is 9.59 Å². The fourth-order valence-electron chi connectivity index (χ4n) is 3.08. The zero-order valence-electron chi connectivity index (χ0n) is 15.8. The molecule has 3 rings (SSSR count). The maximum atomic E-state index is 12.9. The van der Waals surface area contributed by atoms with Gasteiger partial charge in [-0.15, -0.1) is 0 Å². The molecule has 0 saturated carbocycles. The van der Waals surface area contributed by atoms with Gasteiger partial charge in [-0.1, -0.05) is 38.1 Å². The SMILES string of the molecule is CC(C)CC(=O)N1CC(N(Cc2ccccn2)C(=O)Nc2ccccc2)C1. The van der Waals surface area contributed by atoms with Crippen LogP contribution in [0.3, 0.4) is 0 Å². The van der Waals surface area contributed by atoms with Crippen LogP contribution in [0.1, 0.15) is 26.0 Å². The Morgan fingerprint density at radius 1 is 1.15 bits per heavy atom. The summed E-state index contributed by atoms with van der Waals surface area (Å²) >= 11 is 0. The lowest BCUT2D eigenvalue weighted by Gasteiger charge is -2.45. The van der Waals surface area contributed by atoms with Gasteiger partial charge in [0, 0.05) is 31.4 Å². The Morgan fingerprint density at radius 3 is 2.48 bits per heavy atom. The Hall–Kier alpha value is -2.89. The van der Waals surface area contributed by atoms with Gasteiger partial charge >= 0.3 is 6.03 Å². The van der Waals surface area contributed by atoms with E-state index in [9.17, 15) is 9.59 Å². The maximum Gasteiger partial charge on any atom is 0.322 e. The molecule has 6 heteroatoms. The number of anilines is 1. The summed E-state index contributed by atoms with van der Waals surface area (Å²) in [6.45, 7) is 5.63. The van der Waals surface area contributed by atoms with E-state index in [0.717, 1.165) is 11.4 Å². The van der Waals surface area contributed by atoms with E-state index >= 15 is 0 Å². The Labute approximate surface area is 160 Å². The number of hydrogen-bond acceptors (Lipinski definition) is 3. The Kier molecular flexibility index (Phi) is 6.06. The molecule has 27 heavy (non-hydrogen) atoms. The summed E-state index contributed by atoms with van der Waals surface area (Å²) in [6, 6.07) is 14.9. The molecule has 0 bridgehead atoms. The number of carbonyl (C=O) groups is 2. The van der Waals surface area contributed by atoms with Crippen molar-refractivity contribution in [3.8, 4) is 0 Å². The second-order valence-corrected chi connectivity index (χ2v) is 7.30. The third-order valence-electron chi connectivity index (χ3n) is 4.58. The highest BCUT2D eigenvalue weighted by Gasteiger charge is 2.37. The van der Waals surface area contributed by atoms with Crippen LogP contribution in [0.5, 0.6) is 0 Å². The molecule has 3 amide bonds. The van der Waals surface area contributed by atoms with Gasteiger partial charge in [-0.2, -0.15) is 0 Å². The summed E-state index contributed by atoms with van der Waals surface area (Å²) in [5, 5.41) is 2.94. The van der Waals surface area contributed by atoms with Crippen molar-refractivity contribution in [2.24, 2.45) is 5.92 Å². The Balaban J connectivity index is 1.67. The van der Waals surface area contributed by atoms with Gasteiger partial charge in [0.1, 0.15) is 0 Å². The second kappa shape index (κ2) is 8.66. The molecule has 142 valence electrons. The average Bonchev–Trinajstić information content (AvgIpc) is 2.60. The molecule has 0 atom stereocenters. The number of likely N-dealkylation sites (tertiary alicyclic amines) is 1. The minimum atomic E-state index is -0.173. The van der Waals surface area contributed by atoms with Gasteiger partial charge in [-0.05, 0) is 30.2 Å². The van der Waals surface area contributed by atoms with Crippen LogP contribution in [0.4, 0.5) is 10.5 Å². The first kappa shape index (κ1) is 18.9. The average molecular weight is 366 g/mol. The lowest BCUT2D eigenvalue weighted by Crippen LogP contribution is -2.62. The number of pyridine rings is 1. The number of carbonyl (C=O) groups excluding carboxylic acids is 2. The first-order chi connectivity index (χ1) is 13.0. The van der Waals surface area contributed by atoms with Gasteiger partial charge in [0.2, 0.25) is 5.91 Å². The minimum Gasteiger partial charge on any atom is -0.338 e. The molecule has 2 aromatic rings. The first-order valence-corrected chi connectivity index (χ1v) is 9.33. The number of nitrogens with one attached hydrogen (secondary N) is 1. The summed E-state index contributed by atoms with van der Waals surface area (Å²) in [6.07, 6.45) is 2.27. The van der Waals surface area contributed by atoms with Gasteiger partial charge < -0.3 is 15.1 Å². The van der Waals surface area contributed by atoms with Crippen LogP contribution in [-0.4, -0.2) is 45.9 Å². The zero-order chi connectivity index (χ0) is 19.2. The van der Waals surface area contributed by atoms with Crippen LogP contribution in [0.15, 0.2) is 54.7 Å². The van der Waals surface area contributed by atoms with Crippen molar-refractivity contribution in [3.63, 3.8) is 0 Å². The molecule has 1 N–H and O–H groups in total. The number of hydrogen-bond donors (Lipinski definition) is 1. The molecule has 1 aromatic heterocycles. The molecular formula is C21H26N4O2. The number of amides is 3. The van der Waals surface area contributed by atoms with Crippen LogP contribution < -0.4 is 5.32 Å². The van der Waals surface area contributed by atoms with E-state index in [2.05, 4.69) is 10.3 Å². The molecule has 1 aromatic carbocycles. The van der Waals surface area contributed by atoms with Crippen molar-refractivity contribution in [2.45, 2.75) is 32.9 Å². The molecule has 1 fully saturated rings. The number of para-hydroxylation sites is 1. The van der Waals surface area contributed by atoms with Crippen molar-refractivity contribution in [3.05, 3.63) is 60.4 Å². The lowest BCUT2D eigenvalue weighted by atomic mass is 10.0. The number of nitrogens with zero attached hydrogens (tertiary/aromatic N) is 3. The largest absolute Gasteiger partial charge is 0.338 e. The van der Waals surface area contributed by atoms with Gasteiger partial charge in [-0.3, -0.25) is 9.78 Å². The smallest absolute Gasteiger partial charge is 0.322 e. The van der Waals surface area contributed by atoms with E-state index in [4.69, 9.17) is 0 Å². The fourth-order valence-corrected chi connectivity index (χ4v) is 3.08. The highest BCUT2D eigenvalue weighted by molar-refractivity contribution is 5.89. The highest BCUT2D eigenvalue weighted by atomic mass is 16.2. The summed E-state index contributed by atoms with van der Waals surface area (Å²) in [7, 11) is 0. The topological polar surface area (TPSA) is 65.5 Å². The van der Waals surface area contributed by atoms with Crippen LogP contribution in [-0.2, 0) is 11.3 Å². The summed E-state index contributed by atoms with van der Waals surface area (Å²) < 4.78 is 0. The molecule has 1 saturated heterocycles. The van der Waals surface area contributed by atoms with E-state index in [-0.39, 0.29) is 18.0 Å². The molecule has 1 aliphatic heterocycles. The van der Waals surface area contributed by atoms with E-state index < -0.39 is 0 Å². The van der Waals surface area contributed by atoms with Crippen LogP contribution in [0.2, 0.25) is 0 Å².